The van der Waals surface area contributed by atoms with Crippen molar-refractivity contribution in [1.29, 1.82) is 0 Å². The molecular formula is C36H41FN6O4Si. The van der Waals surface area contributed by atoms with Crippen LogP contribution in [0.2, 0.25) is 25.7 Å². The summed E-state index contributed by atoms with van der Waals surface area (Å²) in [6, 6.07) is 14.1. The van der Waals surface area contributed by atoms with Crippen LogP contribution in [0, 0.1) is 11.7 Å². The van der Waals surface area contributed by atoms with Gasteiger partial charge in [-0.1, -0.05) is 43.9 Å². The molecule has 0 bridgehead atoms. The van der Waals surface area contributed by atoms with E-state index in [4.69, 9.17) is 15.2 Å². The number of carbonyl (C=O) groups excluding carboxylic acids is 1. The van der Waals surface area contributed by atoms with Crippen molar-refractivity contribution in [3.8, 4) is 22.3 Å². The van der Waals surface area contributed by atoms with E-state index in [-0.39, 0.29) is 5.56 Å². The summed E-state index contributed by atoms with van der Waals surface area (Å²) in [7, 11) is -1.23. The zero-order valence-electron chi connectivity index (χ0n) is 27.5. The number of nitrogen functional groups attached to an aromatic ring is 1. The fourth-order valence-corrected chi connectivity index (χ4v) is 6.65. The number of rotatable bonds is 11. The van der Waals surface area contributed by atoms with E-state index in [1.165, 1.54) is 18.5 Å². The van der Waals surface area contributed by atoms with Gasteiger partial charge in [0.2, 0.25) is 5.43 Å². The number of ether oxygens (including phenoxy) is 2. The van der Waals surface area contributed by atoms with Gasteiger partial charge in [0.05, 0.1) is 5.39 Å². The van der Waals surface area contributed by atoms with Gasteiger partial charge in [0, 0.05) is 69.8 Å². The van der Waals surface area contributed by atoms with Crippen LogP contribution in [0.1, 0.15) is 23.2 Å². The molecule has 12 heteroatoms. The molecule has 0 saturated carbocycles. The molecule has 3 aromatic heterocycles. The normalized spacial score (nSPS) is 14.0. The highest BCUT2D eigenvalue weighted by Crippen LogP contribution is 2.33. The Labute approximate surface area is 279 Å². The van der Waals surface area contributed by atoms with Crippen LogP contribution in [0.15, 0.2) is 78.2 Å². The number of hydrogen-bond acceptors (Lipinski definition) is 7. The van der Waals surface area contributed by atoms with Gasteiger partial charge in [-0.15, -0.1) is 0 Å². The zero-order valence-corrected chi connectivity index (χ0v) is 28.5. The third kappa shape index (κ3) is 7.72. The minimum Gasteiger partial charge on any atom is -0.383 e. The van der Waals surface area contributed by atoms with E-state index in [0.29, 0.717) is 67.3 Å². The fourth-order valence-electron chi connectivity index (χ4n) is 5.90. The summed E-state index contributed by atoms with van der Waals surface area (Å²) >= 11 is 0. The van der Waals surface area contributed by atoms with Gasteiger partial charge >= 0.3 is 0 Å². The number of aromatic nitrogens is 4. The zero-order chi connectivity index (χ0) is 33.8. The van der Waals surface area contributed by atoms with Crippen molar-refractivity contribution in [1.82, 2.24) is 19.1 Å². The molecule has 6 rings (SSSR count). The lowest BCUT2D eigenvalue weighted by Crippen LogP contribution is -2.26. The van der Waals surface area contributed by atoms with Crippen LogP contribution in [0.25, 0.3) is 33.3 Å². The number of carbonyl (C=O) groups is 1. The van der Waals surface area contributed by atoms with Gasteiger partial charge in [0.25, 0.3) is 5.91 Å². The second kappa shape index (κ2) is 14.2. The van der Waals surface area contributed by atoms with Crippen molar-refractivity contribution in [2.75, 3.05) is 30.9 Å². The number of pyridine rings is 1. The highest BCUT2D eigenvalue weighted by Gasteiger charge is 2.21. The summed E-state index contributed by atoms with van der Waals surface area (Å²) in [6.07, 6.45) is 8.56. The predicted molar refractivity (Wildman–Crippen MR) is 189 cm³/mol. The van der Waals surface area contributed by atoms with Crippen molar-refractivity contribution in [3.63, 3.8) is 0 Å². The minimum absolute atomic E-state index is 0.00933. The Balaban J connectivity index is 1.25. The minimum atomic E-state index is -1.23. The summed E-state index contributed by atoms with van der Waals surface area (Å²) in [5, 5.41) is 3.62. The van der Waals surface area contributed by atoms with E-state index < -0.39 is 25.2 Å². The number of nitrogens with one attached hydrogen (secondary N) is 1. The molecule has 48 heavy (non-hydrogen) atoms. The first-order chi connectivity index (χ1) is 23.1. The van der Waals surface area contributed by atoms with Crippen molar-refractivity contribution in [2.45, 2.75) is 51.8 Å². The summed E-state index contributed by atoms with van der Waals surface area (Å²) in [6.45, 7) is 9.97. The monoisotopic (exact) mass is 668 g/mol. The van der Waals surface area contributed by atoms with Crippen LogP contribution in [0.3, 0.4) is 0 Å². The largest absolute Gasteiger partial charge is 0.383 e. The van der Waals surface area contributed by atoms with Crippen molar-refractivity contribution in [2.24, 2.45) is 5.92 Å². The maximum Gasteiger partial charge on any atom is 0.261 e. The number of hydrogen-bond donors (Lipinski definition) is 2. The molecule has 250 valence electrons. The molecule has 0 aliphatic carbocycles. The maximum atomic E-state index is 13.7. The number of anilines is 2. The molecule has 1 aliphatic heterocycles. The first-order valence-corrected chi connectivity index (χ1v) is 19.9. The average molecular weight is 669 g/mol. The molecule has 0 radical (unpaired) electrons. The van der Waals surface area contributed by atoms with Crippen LogP contribution in [-0.2, 0) is 22.7 Å². The Bertz CT molecular complexity index is 1960. The van der Waals surface area contributed by atoms with Crippen LogP contribution in [-0.4, -0.2) is 52.9 Å². The van der Waals surface area contributed by atoms with Gasteiger partial charge in [-0.2, -0.15) is 0 Å². The SMILES string of the molecule is C[Si](C)(C)CCOCn1cc(-c2ccc(NC(=O)c3cn(CC4CCOCC4)cc(-c4ccc(F)cc4)c3=O)cc2)c2c(N)ncnc21. The predicted octanol–water partition coefficient (Wildman–Crippen LogP) is 6.64. The number of halogens is 1. The Kier molecular flexibility index (Phi) is 9.85. The van der Waals surface area contributed by atoms with Gasteiger partial charge in [0.1, 0.15) is 35.9 Å². The number of nitrogens with two attached hydrogens (primary N) is 1. The Hall–Kier alpha value is -4.65. The maximum absolute atomic E-state index is 13.7. The van der Waals surface area contributed by atoms with E-state index >= 15 is 0 Å². The van der Waals surface area contributed by atoms with E-state index in [9.17, 15) is 14.0 Å². The van der Waals surface area contributed by atoms with Crippen LogP contribution >= 0.6 is 0 Å². The topological polar surface area (TPSA) is 126 Å². The van der Waals surface area contributed by atoms with Crippen molar-refractivity contribution >= 4 is 36.5 Å². The lowest BCUT2D eigenvalue weighted by atomic mass is 9.99. The second-order valence-corrected chi connectivity index (χ2v) is 19.1. The van der Waals surface area contributed by atoms with E-state index in [0.717, 1.165) is 35.4 Å². The second-order valence-electron chi connectivity index (χ2n) is 13.5. The van der Waals surface area contributed by atoms with Gasteiger partial charge in [-0.3, -0.25) is 9.59 Å². The Morgan fingerprint density at radius 3 is 2.40 bits per heavy atom. The van der Waals surface area contributed by atoms with Crippen LogP contribution in [0.4, 0.5) is 15.9 Å². The first-order valence-electron chi connectivity index (χ1n) is 16.2. The van der Waals surface area contributed by atoms with E-state index in [1.54, 1.807) is 36.7 Å². The molecule has 1 saturated heterocycles. The molecule has 10 nitrogen and oxygen atoms in total. The molecular weight excluding hydrogens is 628 g/mol. The molecule has 1 fully saturated rings. The smallest absolute Gasteiger partial charge is 0.261 e. The van der Waals surface area contributed by atoms with Crippen molar-refractivity contribution < 1.29 is 18.7 Å². The van der Waals surface area contributed by atoms with Gasteiger partial charge in [-0.25, -0.2) is 14.4 Å². The summed E-state index contributed by atoms with van der Waals surface area (Å²) in [5.41, 5.74) is 9.69. The van der Waals surface area contributed by atoms with Crippen LogP contribution in [0.5, 0.6) is 0 Å². The summed E-state index contributed by atoms with van der Waals surface area (Å²) in [5.74, 6) is -0.203. The van der Waals surface area contributed by atoms with Crippen LogP contribution < -0.4 is 16.5 Å². The van der Waals surface area contributed by atoms with Crippen molar-refractivity contribution in [3.05, 3.63) is 95.1 Å². The molecule has 5 aromatic rings. The summed E-state index contributed by atoms with van der Waals surface area (Å²) in [4.78, 5) is 36.0. The molecule has 0 spiro atoms. The quantitative estimate of drug-likeness (QED) is 0.119. The lowest BCUT2D eigenvalue weighted by molar-refractivity contribution is 0.0612. The Morgan fingerprint density at radius 1 is 1.00 bits per heavy atom. The summed E-state index contributed by atoms with van der Waals surface area (Å²) < 4.78 is 29.0. The number of amides is 1. The highest BCUT2D eigenvalue weighted by atomic mass is 28.3. The van der Waals surface area contributed by atoms with Gasteiger partial charge in [-0.05, 0) is 60.2 Å². The third-order valence-electron chi connectivity index (χ3n) is 8.65. The number of benzene rings is 2. The molecule has 0 unspecified atom stereocenters. The fraction of sp³-hybridized carbons (Fsp3) is 0.333. The van der Waals surface area contributed by atoms with E-state index in [2.05, 4.69) is 34.9 Å². The van der Waals surface area contributed by atoms with E-state index in [1.807, 2.05) is 27.5 Å². The number of fused-ring (bicyclic) bond motifs is 1. The average Bonchev–Trinajstić information content (AvgIpc) is 3.44. The molecule has 1 aliphatic rings. The Morgan fingerprint density at radius 2 is 1.69 bits per heavy atom. The first kappa shape index (κ1) is 33.3. The molecule has 0 atom stereocenters. The van der Waals surface area contributed by atoms with Gasteiger partial charge in [0.15, 0.2) is 0 Å². The molecule has 1 amide bonds. The van der Waals surface area contributed by atoms with Gasteiger partial charge < -0.3 is 29.7 Å². The molecule has 3 N–H and O–H groups in total. The molecule has 4 heterocycles. The molecule has 2 aromatic carbocycles. The third-order valence-corrected chi connectivity index (χ3v) is 10.4. The lowest BCUT2D eigenvalue weighted by Gasteiger charge is -2.23. The highest BCUT2D eigenvalue weighted by molar-refractivity contribution is 6.76. The standard InChI is InChI=1S/C36H41FN6O4Si/c1-48(2,3)17-16-47-23-43-21-29(32-34(38)39-22-40-35(32)43)25-6-10-28(11-7-25)41-36(45)31-20-42(18-24-12-14-46-15-13-24)19-30(33(31)44)26-4-8-27(37)9-5-26/h4-11,19-22,24H,12-18,23H2,1-3H3,(H,41,45)(H2,38,39,40). The number of nitrogens with zero attached hydrogens (tertiary/aromatic N) is 4.